The highest BCUT2D eigenvalue weighted by Gasteiger charge is 2.27. The van der Waals surface area contributed by atoms with Gasteiger partial charge in [0.25, 0.3) is 0 Å². The second kappa shape index (κ2) is 6.79. The number of ether oxygens (including phenoxy) is 2. The average Bonchev–Trinajstić information content (AvgIpc) is 2.62. The van der Waals surface area contributed by atoms with Crippen LogP contribution in [0.15, 0.2) is 18.3 Å². The van der Waals surface area contributed by atoms with E-state index in [9.17, 15) is 5.11 Å². The topological polar surface area (TPSA) is 42.6 Å². The van der Waals surface area contributed by atoms with Crippen molar-refractivity contribution >= 4 is 11.8 Å². The number of fused-ring (bicyclic) bond motifs is 3. The fourth-order valence-corrected chi connectivity index (χ4v) is 3.67. The maximum absolute atomic E-state index is 10.3. The van der Waals surface area contributed by atoms with Gasteiger partial charge >= 0.3 is 0 Å². The lowest BCUT2D eigenvalue weighted by Crippen LogP contribution is -2.49. The first-order chi connectivity index (χ1) is 12.0. The SMILES string of the molecule is CCC=c1c(C)c2[n+](cc1=C(C)OC)CCc1cc(OC)c(O)cc1-2. The lowest BCUT2D eigenvalue weighted by atomic mass is 9.92. The highest BCUT2D eigenvalue weighted by atomic mass is 16.5. The molecule has 0 atom stereocenters. The van der Waals surface area contributed by atoms with Crippen LogP contribution in [0.4, 0.5) is 0 Å². The number of hydrogen-bond acceptors (Lipinski definition) is 3. The van der Waals surface area contributed by atoms with Crippen molar-refractivity contribution < 1.29 is 19.1 Å². The van der Waals surface area contributed by atoms with E-state index in [4.69, 9.17) is 9.47 Å². The van der Waals surface area contributed by atoms with E-state index in [1.807, 2.05) is 19.1 Å². The zero-order valence-electron chi connectivity index (χ0n) is 15.6. The van der Waals surface area contributed by atoms with Crippen LogP contribution in [0.3, 0.4) is 0 Å². The van der Waals surface area contributed by atoms with Crippen LogP contribution in [0, 0.1) is 6.92 Å². The summed E-state index contributed by atoms with van der Waals surface area (Å²) in [5.41, 5.74) is 4.66. The number of benzene rings is 1. The van der Waals surface area contributed by atoms with Gasteiger partial charge in [0.2, 0.25) is 5.69 Å². The van der Waals surface area contributed by atoms with Crippen LogP contribution >= 0.6 is 0 Å². The first-order valence-corrected chi connectivity index (χ1v) is 8.70. The lowest BCUT2D eigenvalue weighted by Gasteiger charge is -2.19. The summed E-state index contributed by atoms with van der Waals surface area (Å²) in [7, 11) is 3.30. The standard InChI is InChI=1S/C21H25NO3/c1-6-7-16-13(2)21-17-11-19(23)20(25-5)10-15(17)8-9-22(21)12-18(16)14(3)24-4/h7,10-12H,6,8-9H2,1-5H3/p+1. The first kappa shape index (κ1) is 17.3. The molecule has 0 bridgehead atoms. The molecule has 1 aromatic carbocycles. The summed E-state index contributed by atoms with van der Waals surface area (Å²) < 4.78 is 13.1. The van der Waals surface area contributed by atoms with Gasteiger partial charge in [-0.3, -0.25) is 0 Å². The Balaban J connectivity index is 2.39. The van der Waals surface area contributed by atoms with Crippen LogP contribution in [-0.4, -0.2) is 19.3 Å². The van der Waals surface area contributed by atoms with Crippen molar-refractivity contribution in [3.05, 3.63) is 39.9 Å². The summed E-state index contributed by atoms with van der Waals surface area (Å²) in [5.74, 6) is 1.63. The van der Waals surface area contributed by atoms with Crippen LogP contribution in [0.2, 0.25) is 0 Å². The molecule has 0 aliphatic carbocycles. The molecule has 25 heavy (non-hydrogen) atoms. The Morgan fingerprint density at radius 2 is 2.08 bits per heavy atom. The van der Waals surface area contributed by atoms with Crippen molar-refractivity contribution in [2.45, 2.75) is 40.2 Å². The van der Waals surface area contributed by atoms with Gasteiger partial charge in [0, 0.05) is 12.0 Å². The number of aromatic nitrogens is 1. The van der Waals surface area contributed by atoms with Crippen LogP contribution in [-0.2, 0) is 17.7 Å². The van der Waals surface area contributed by atoms with Crippen LogP contribution in [0.5, 0.6) is 11.5 Å². The van der Waals surface area contributed by atoms with Crippen LogP contribution in [0.25, 0.3) is 23.1 Å². The predicted octanol–water partition coefficient (Wildman–Crippen LogP) is 2.18. The molecule has 4 heteroatoms. The molecule has 2 heterocycles. The molecular formula is C21H26NO3+. The van der Waals surface area contributed by atoms with Gasteiger partial charge in [-0.2, -0.15) is 4.57 Å². The number of methoxy groups -OCH3 is 2. The zero-order valence-corrected chi connectivity index (χ0v) is 15.6. The number of aromatic hydroxyl groups is 1. The highest BCUT2D eigenvalue weighted by Crippen LogP contribution is 2.36. The molecule has 0 fully saturated rings. The Labute approximate surface area is 148 Å². The van der Waals surface area contributed by atoms with Gasteiger partial charge in [-0.15, -0.1) is 0 Å². The number of phenols is 1. The maximum Gasteiger partial charge on any atom is 0.216 e. The van der Waals surface area contributed by atoms with Crippen LogP contribution < -0.4 is 19.7 Å². The number of pyridine rings is 1. The van der Waals surface area contributed by atoms with E-state index in [1.165, 1.54) is 16.3 Å². The van der Waals surface area contributed by atoms with Gasteiger partial charge in [0.05, 0.1) is 25.0 Å². The minimum Gasteiger partial charge on any atom is -0.504 e. The average molecular weight is 340 g/mol. The number of rotatable bonds is 3. The molecule has 0 saturated heterocycles. The quantitative estimate of drug-likeness (QED) is 0.871. The third-order valence-electron chi connectivity index (χ3n) is 5.00. The van der Waals surface area contributed by atoms with Gasteiger partial charge < -0.3 is 14.6 Å². The summed E-state index contributed by atoms with van der Waals surface area (Å²) in [6.45, 7) is 7.19. The summed E-state index contributed by atoms with van der Waals surface area (Å²) in [6, 6.07) is 3.78. The second-order valence-corrected chi connectivity index (χ2v) is 6.43. The first-order valence-electron chi connectivity index (χ1n) is 8.70. The fourth-order valence-electron chi connectivity index (χ4n) is 3.67. The number of hydrogen-bond donors (Lipinski definition) is 1. The molecule has 1 aromatic heterocycles. The Hall–Kier alpha value is -2.49. The number of aryl methyl sites for hydroxylation is 2. The summed E-state index contributed by atoms with van der Waals surface area (Å²) in [4.78, 5) is 0. The van der Waals surface area contributed by atoms with Crippen molar-refractivity contribution in [1.82, 2.24) is 0 Å². The van der Waals surface area contributed by atoms with Crippen molar-refractivity contribution in [3.8, 4) is 22.8 Å². The van der Waals surface area contributed by atoms with E-state index in [2.05, 4.69) is 30.7 Å². The molecule has 1 aliphatic heterocycles. The third-order valence-corrected chi connectivity index (χ3v) is 5.00. The van der Waals surface area contributed by atoms with Gasteiger partial charge in [-0.25, -0.2) is 0 Å². The molecule has 2 aromatic rings. The predicted molar refractivity (Wildman–Crippen MR) is 98.8 cm³/mol. The summed E-state index contributed by atoms with van der Waals surface area (Å²) >= 11 is 0. The monoisotopic (exact) mass is 340 g/mol. The second-order valence-electron chi connectivity index (χ2n) is 6.43. The molecule has 0 radical (unpaired) electrons. The minimum absolute atomic E-state index is 0.179. The number of nitrogens with zero attached hydrogens (tertiary/aromatic N) is 1. The van der Waals surface area contributed by atoms with Crippen molar-refractivity contribution in [1.29, 1.82) is 0 Å². The van der Waals surface area contributed by atoms with Crippen molar-refractivity contribution in [2.24, 2.45) is 0 Å². The summed E-state index contributed by atoms with van der Waals surface area (Å²) in [5, 5.41) is 12.6. The molecule has 0 amide bonds. The Morgan fingerprint density at radius 1 is 1.32 bits per heavy atom. The largest absolute Gasteiger partial charge is 0.504 e. The van der Waals surface area contributed by atoms with Crippen molar-refractivity contribution in [2.75, 3.05) is 14.2 Å². The van der Waals surface area contributed by atoms with Gasteiger partial charge in [0.15, 0.2) is 24.2 Å². The smallest absolute Gasteiger partial charge is 0.216 e. The van der Waals surface area contributed by atoms with E-state index in [-0.39, 0.29) is 5.75 Å². The highest BCUT2D eigenvalue weighted by molar-refractivity contribution is 5.70. The van der Waals surface area contributed by atoms with E-state index in [0.717, 1.165) is 41.6 Å². The molecule has 3 rings (SSSR count). The molecule has 0 saturated carbocycles. The van der Waals surface area contributed by atoms with Gasteiger partial charge in [-0.05, 0) is 43.2 Å². The van der Waals surface area contributed by atoms with Crippen molar-refractivity contribution in [3.63, 3.8) is 0 Å². The molecule has 1 N–H and O–H groups in total. The Bertz CT molecular complexity index is 945. The lowest BCUT2D eigenvalue weighted by molar-refractivity contribution is -0.688. The minimum atomic E-state index is 0.179. The molecule has 132 valence electrons. The van der Waals surface area contributed by atoms with E-state index in [1.54, 1.807) is 14.2 Å². The normalized spacial score (nSPS) is 14.7. The summed E-state index contributed by atoms with van der Waals surface area (Å²) in [6.07, 6.45) is 6.28. The Morgan fingerprint density at radius 3 is 2.72 bits per heavy atom. The van der Waals surface area contributed by atoms with E-state index < -0.39 is 0 Å². The maximum atomic E-state index is 10.3. The Kier molecular flexibility index (Phi) is 4.71. The van der Waals surface area contributed by atoms with Gasteiger partial charge in [-0.1, -0.05) is 13.0 Å². The van der Waals surface area contributed by atoms with E-state index >= 15 is 0 Å². The molecule has 0 spiro atoms. The molecular weight excluding hydrogens is 314 g/mol. The molecule has 1 aliphatic rings. The molecule has 4 nitrogen and oxygen atoms in total. The van der Waals surface area contributed by atoms with Crippen LogP contribution in [0.1, 0.15) is 31.4 Å². The van der Waals surface area contributed by atoms with E-state index in [0.29, 0.717) is 5.75 Å². The zero-order chi connectivity index (χ0) is 18.1. The fraction of sp³-hybridized carbons (Fsp3) is 0.381. The third kappa shape index (κ3) is 2.86. The molecule has 0 unspecified atom stereocenters. The van der Waals surface area contributed by atoms with Gasteiger partial charge in [0.1, 0.15) is 5.76 Å². The number of phenolic OH excluding ortho intramolecular Hbond substituents is 1.